The molecule has 0 unspecified atom stereocenters. The van der Waals surface area contributed by atoms with E-state index in [1.807, 2.05) is 52.8 Å². The van der Waals surface area contributed by atoms with Crippen LogP contribution >= 0.6 is 0 Å². The summed E-state index contributed by atoms with van der Waals surface area (Å²) in [6, 6.07) is 5.81. The summed E-state index contributed by atoms with van der Waals surface area (Å²) < 4.78 is 5.62. The number of ether oxygens (including phenoxy) is 1. The van der Waals surface area contributed by atoms with Gasteiger partial charge >= 0.3 is 5.97 Å². The van der Waals surface area contributed by atoms with Gasteiger partial charge in [0.05, 0.1) is 5.41 Å². The number of carbonyl (C=O) groups is 2. The molecule has 4 heteroatoms. The molecule has 0 radical (unpaired) electrons. The van der Waals surface area contributed by atoms with Crippen LogP contribution in [0.15, 0.2) is 18.2 Å². The minimum atomic E-state index is -1.06. The molecule has 2 aliphatic rings. The summed E-state index contributed by atoms with van der Waals surface area (Å²) >= 11 is 0. The van der Waals surface area contributed by atoms with Gasteiger partial charge in [-0.05, 0) is 50.8 Å². The summed E-state index contributed by atoms with van der Waals surface area (Å²) in [7, 11) is 0. The van der Waals surface area contributed by atoms with Crippen molar-refractivity contribution in [3.05, 3.63) is 29.3 Å². The van der Waals surface area contributed by atoms with Gasteiger partial charge < -0.3 is 10.1 Å². The first-order valence-electron chi connectivity index (χ1n) is 7.77. The number of fused-ring (bicyclic) bond motifs is 2. The first-order valence-corrected chi connectivity index (χ1v) is 7.77. The van der Waals surface area contributed by atoms with Crippen LogP contribution in [-0.4, -0.2) is 17.5 Å². The van der Waals surface area contributed by atoms with E-state index >= 15 is 0 Å². The second-order valence-electron chi connectivity index (χ2n) is 7.38. The van der Waals surface area contributed by atoms with Gasteiger partial charge in [-0.3, -0.25) is 9.59 Å². The van der Waals surface area contributed by atoms with Gasteiger partial charge in [0.1, 0.15) is 0 Å². The van der Waals surface area contributed by atoms with Crippen molar-refractivity contribution in [2.75, 3.05) is 5.32 Å². The average molecular weight is 301 g/mol. The first-order chi connectivity index (χ1) is 10.2. The Labute approximate surface area is 131 Å². The second-order valence-corrected chi connectivity index (χ2v) is 7.38. The van der Waals surface area contributed by atoms with Gasteiger partial charge in [-0.25, -0.2) is 0 Å². The maximum atomic E-state index is 13.0. The lowest BCUT2D eigenvalue weighted by Crippen LogP contribution is -2.50. The summed E-state index contributed by atoms with van der Waals surface area (Å²) in [5, 5.41) is 2.99. The Morgan fingerprint density at radius 3 is 2.41 bits per heavy atom. The van der Waals surface area contributed by atoms with Gasteiger partial charge in [0.25, 0.3) is 5.91 Å². The highest BCUT2D eigenvalue weighted by Crippen LogP contribution is 2.65. The van der Waals surface area contributed by atoms with Crippen LogP contribution in [0.1, 0.15) is 44.7 Å². The van der Waals surface area contributed by atoms with Crippen molar-refractivity contribution in [3.8, 4) is 0 Å². The summed E-state index contributed by atoms with van der Waals surface area (Å²) in [5.41, 5.74) is 0.788. The number of carbonyl (C=O) groups excluding carboxylic acids is 2. The quantitative estimate of drug-likeness (QED) is 0.852. The van der Waals surface area contributed by atoms with Gasteiger partial charge in [-0.1, -0.05) is 26.0 Å². The highest BCUT2D eigenvalue weighted by atomic mass is 16.6. The van der Waals surface area contributed by atoms with Crippen LogP contribution < -0.4 is 5.32 Å². The maximum Gasteiger partial charge on any atom is 0.313 e. The third-order valence-corrected chi connectivity index (χ3v) is 6.30. The van der Waals surface area contributed by atoms with Crippen LogP contribution in [-0.2, 0) is 14.3 Å². The number of esters is 1. The Morgan fingerprint density at radius 2 is 1.86 bits per heavy atom. The van der Waals surface area contributed by atoms with E-state index in [0.29, 0.717) is 12.8 Å². The zero-order valence-corrected chi connectivity index (χ0v) is 13.9. The molecule has 1 aliphatic heterocycles. The lowest BCUT2D eigenvalue weighted by molar-refractivity contribution is -0.165. The predicted molar refractivity (Wildman–Crippen MR) is 84.5 cm³/mol. The largest absolute Gasteiger partial charge is 0.448 e. The van der Waals surface area contributed by atoms with Crippen molar-refractivity contribution in [2.45, 2.75) is 53.1 Å². The van der Waals surface area contributed by atoms with E-state index in [1.165, 1.54) is 0 Å². The number of aryl methyl sites for hydroxylation is 1. The smallest absolute Gasteiger partial charge is 0.313 e. The minimum Gasteiger partial charge on any atom is -0.448 e. The van der Waals surface area contributed by atoms with Crippen LogP contribution in [0, 0.1) is 24.7 Å². The van der Waals surface area contributed by atoms with Crippen molar-refractivity contribution >= 4 is 17.6 Å². The number of hydrogen-bond donors (Lipinski definition) is 1. The van der Waals surface area contributed by atoms with Crippen LogP contribution in [0.25, 0.3) is 0 Å². The summed E-state index contributed by atoms with van der Waals surface area (Å²) in [6.07, 6.45) is 1.28. The Hall–Kier alpha value is -1.84. The molecule has 1 amide bonds. The fraction of sp³-hybridized carbons (Fsp3) is 0.556. The molecule has 1 saturated heterocycles. The van der Waals surface area contributed by atoms with Crippen molar-refractivity contribution in [1.82, 2.24) is 0 Å². The fourth-order valence-corrected chi connectivity index (χ4v) is 3.86. The topological polar surface area (TPSA) is 55.4 Å². The first kappa shape index (κ1) is 15.1. The van der Waals surface area contributed by atoms with Crippen molar-refractivity contribution < 1.29 is 14.3 Å². The normalized spacial score (nSPS) is 32.0. The van der Waals surface area contributed by atoms with Crippen molar-refractivity contribution in [2.24, 2.45) is 10.8 Å². The zero-order valence-electron chi connectivity index (χ0n) is 13.9. The van der Waals surface area contributed by atoms with Crippen LogP contribution in [0.3, 0.4) is 0 Å². The third kappa shape index (κ3) is 1.58. The Bertz CT molecular complexity index is 679. The molecule has 1 aromatic carbocycles. The summed E-state index contributed by atoms with van der Waals surface area (Å²) in [6.45, 7) is 9.83. The average Bonchev–Trinajstić information content (AvgIpc) is 2.74. The van der Waals surface area contributed by atoms with E-state index in [4.69, 9.17) is 4.74 Å². The van der Waals surface area contributed by atoms with E-state index in [2.05, 4.69) is 5.32 Å². The maximum absolute atomic E-state index is 13.0. The van der Waals surface area contributed by atoms with Crippen LogP contribution in [0.2, 0.25) is 0 Å². The molecule has 0 aromatic heterocycles. The number of rotatable bonds is 2. The third-order valence-electron chi connectivity index (χ3n) is 6.30. The summed E-state index contributed by atoms with van der Waals surface area (Å²) in [4.78, 5) is 25.2. The number of hydrogen-bond acceptors (Lipinski definition) is 3. The van der Waals surface area contributed by atoms with Crippen molar-refractivity contribution in [3.63, 3.8) is 0 Å². The van der Waals surface area contributed by atoms with E-state index in [1.54, 1.807) is 0 Å². The molecule has 22 heavy (non-hydrogen) atoms. The number of benzene rings is 1. The predicted octanol–water partition coefficient (Wildman–Crippen LogP) is 3.36. The van der Waals surface area contributed by atoms with E-state index < -0.39 is 16.4 Å². The Balaban J connectivity index is 1.96. The molecule has 2 fully saturated rings. The molecule has 1 saturated carbocycles. The minimum absolute atomic E-state index is 0.208. The molecule has 118 valence electrons. The Kier molecular flexibility index (Phi) is 2.97. The lowest BCUT2D eigenvalue weighted by Gasteiger charge is -2.35. The van der Waals surface area contributed by atoms with Crippen LogP contribution in [0.4, 0.5) is 5.69 Å². The van der Waals surface area contributed by atoms with Gasteiger partial charge in [0.15, 0.2) is 5.60 Å². The highest BCUT2D eigenvalue weighted by molar-refractivity contribution is 6.03. The highest BCUT2D eigenvalue weighted by Gasteiger charge is 2.75. The standard InChI is InChI=1S/C18H23NO3/c1-11-7-6-8-13(12(11)2)19-14(20)18-10-9-17(5,15(21)22-18)16(18,3)4/h6-8H,9-10H2,1-5H3,(H,19,20)/t17-,18-/m1/s1. The molecule has 3 rings (SSSR count). The fourth-order valence-electron chi connectivity index (χ4n) is 3.86. The molecule has 4 nitrogen and oxygen atoms in total. The molecular formula is C18H23NO3. The molecule has 1 heterocycles. The summed E-state index contributed by atoms with van der Waals surface area (Å²) in [5.74, 6) is -0.458. The number of nitrogens with one attached hydrogen (secondary N) is 1. The van der Waals surface area contributed by atoms with Crippen molar-refractivity contribution in [1.29, 1.82) is 0 Å². The van der Waals surface area contributed by atoms with Gasteiger partial charge in [0, 0.05) is 11.1 Å². The molecule has 0 spiro atoms. The van der Waals surface area contributed by atoms with E-state index in [0.717, 1.165) is 16.8 Å². The lowest BCUT2D eigenvalue weighted by atomic mass is 9.66. The van der Waals surface area contributed by atoms with Gasteiger partial charge in [-0.2, -0.15) is 0 Å². The molecule has 2 bridgehead atoms. The van der Waals surface area contributed by atoms with Gasteiger partial charge in [-0.15, -0.1) is 0 Å². The Morgan fingerprint density at radius 1 is 1.18 bits per heavy atom. The molecule has 1 aromatic rings. The number of amides is 1. The molecule has 1 N–H and O–H groups in total. The van der Waals surface area contributed by atoms with E-state index in [-0.39, 0.29) is 11.9 Å². The SMILES string of the molecule is Cc1cccc(NC(=O)[C@@]23CC[C@](C)(C(=O)O2)C3(C)C)c1C. The molecular weight excluding hydrogens is 278 g/mol. The van der Waals surface area contributed by atoms with Crippen LogP contribution in [0.5, 0.6) is 0 Å². The number of anilines is 1. The second kappa shape index (κ2) is 4.34. The zero-order chi connectivity index (χ0) is 16.3. The van der Waals surface area contributed by atoms with Gasteiger partial charge in [0.2, 0.25) is 0 Å². The molecule has 2 atom stereocenters. The molecule has 1 aliphatic carbocycles. The monoisotopic (exact) mass is 301 g/mol. The van der Waals surface area contributed by atoms with E-state index in [9.17, 15) is 9.59 Å².